The van der Waals surface area contributed by atoms with E-state index in [1.54, 1.807) is 6.26 Å². The average Bonchev–Trinajstić information content (AvgIpc) is 3.08. The number of likely N-dealkylation sites (tertiary alicyclic amines) is 1. The maximum absolute atomic E-state index is 9.10. The van der Waals surface area contributed by atoms with Crippen LogP contribution < -0.4 is 5.32 Å². The number of carbonyl (C=O) groups is 2. The van der Waals surface area contributed by atoms with Crippen molar-refractivity contribution in [3.05, 3.63) is 36.8 Å². The quantitative estimate of drug-likeness (QED) is 0.538. The Morgan fingerprint density at radius 2 is 2.00 bits per heavy atom. The number of carboxylic acids is 2. The van der Waals surface area contributed by atoms with Crippen molar-refractivity contribution in [2.24, 2.45) is 0 Å². The molecule has 0 spiro atoms. The number of aliphatic carboxylic acids is 2. The van der Waals surface area contributed by atoms with Crippen LogP contribution in [0.15, 0.2) is 35.5 Å². The zero-order valence-corrected chi connectivity index (χ0v) is 14.0. The van der Waals surface area contributed by atoms with E-state index >= 15 is 0 Å². The van der Waals surface area contributed by atoms with E-state index in [1.165, 1.54) is 25.9 Å². The second-order valence-electron chi connectivity index (χ2n) is 5.75. The zero-order chi connectivity index (χ0) is 18.0. The molecular formula is C17H26N2O5. The van der Waals surface area contributed by atoms with E-state index in [0.717, 1.165) is 25.3 Å². The van der Waals surface area contributed by atoms with Gasteiger partial charge in [0.05, 0.1) is 12.8 Å². The van der Waals surface area contributed by atoms with Crippen molar-refractivity contribution in [1.82, 2.24) is 10.2 Å². The highest BCUT2D eigenvalue weighted by atomic mass is 16.4. The molecule has 1 aromatic rings. The van der Waals surface area contributed by atoms with Crippen LogP contribution in [-0.4, -0.2) is 52.2 Å². The maximum atomic E-state index is 9.10. The van der Waals surface area contributed by atoms with Crippen LogP contribution in [0.5, 0.6) is 0 Å². The van der Waals surface area contributed by atoms with Gasteiger partial charge in [-0.25, -0.2) is 9.59 Å². The third kappa shape index (κ3) is 6.55. The van der Waals surface area contributed by atoms with E-state index in [-0.39, 0.29) is 5.54 Å². The summed E-state index contributed by atoms with van der Waals surface area (Å²) in [4.78, 5) is 20.7. The van der Waals surface area contributed by atoms with Gasteiger partial charge in [0.15, 0.2) is 0 Å². The van der Waals surface area contributed by atoms with Crippen LogP contribution >= 0.6 is 0 Å². The normalized spacial score (nSPS) is 16.7. The van der Waals surface area contributed by atoms with Crippen LogP contribution in [0, 0.1) is 0 Å². The van der Waals surface area contributed by atoms with Crippen LogP contribution in [-0.2, 0) is 16.1 Å². The van der Waals surface area contributed by atoms with Gasteiger partial charge in [-0.05, 0) is 51.0 Å². The van der Waals surface area contributed by atoms with Gasteiger partial charge in [0.1, 0.15) is 5.76 Å². The molecule has 0 unspecified atom stereocenters. The monoisotopic (exact) mass is 338 g/mol. The summed E-state index contributed by atoms with van der Waals surface area (Å²) in [6, 6.07) is 3.96. The number of piperidine rings is 1. The molecule has 7 heteroatoms. The molecule has 1 saturated heterocycles. The van der Waals surface area contributed by atoms with Gasteiger partial charge in [-0.2, -0.15) is 0 Å². The van der Waals surface area contributed by atoms with Crippen LogP contribution in [0.4, 0.5) is 0 Å². The Balaban J connectivity index is 0.000000413. The van der Waals surface area contributed by atoms with Crippen molar-refractivity contribution in [3.8, 4) is 0 Å². The Bertz CT molecular complexity index is 507. The van der Waals surface area contributed by atoms with Crippen molar-refractivity contribution in [2.45, 2.75) is 38.3 Å². The minimum Gasteiger partial charge on any atom is -0.473 e. The first-order valence-electron chi connectivity index (χ1n) is 7.99. The van der Waals surface area contributed by atoms with Crippen LogP contribution in [0.2, 0.25) is 0 Å². The molecule has 2 rings (SSSR count). The first-order valence-corrected chi connectivity index (χ1v) is 7.99. The van der Waals surface area contributed by atoms with Gasteiger partial charge >= 0.3 is 11.9 Å². The number of nitrogens with zero attached hydrogens (tertiary/aromatic N) is 1. The van der Waals surface area contributed by atoms with Gasteiger partial charge in [0, 0.05) is 5.54 Å². The summed E-state index contributed by atoms with van der Waals surface area (Å²) in [5.41, 5.74) is 0.209. The molecule has 0 aromatic carbocycles. The van der Waals surface area contributed by atoms with Crippen molar-refractivity contribution < 1.29 is 24.2 Å². The maximum Gasteiger partial charge on any atom is 0.414 e. The molecule has 0 saturated carbocycles. The molecule has 2 heterocycles. The Kier molecular flexibility index (Phi) is 8.21. The Hall–Kier alpha value is -2.12. The minimum absolute atomic E-state index is 0.209. The smallest absolute Gasteiger partial charge is 0.414 e. The summed E-state index contributed by atoms with van der Waals surface area (Å²) < 4.78 is 5.39. The third-order valence-electron chi connectivity index (χ3n) is 4.20. The van der Waals surface area contributed by atoms with Crippen LogP contribution in [0.3, 0.4) is 0 Å². The molecule has 1 fully saturated rings. The van der Waals surface area contributed by atoms with E-state index in [4.69, 9.17) is 24.2 Å². The van der Waals surface area contributed by atoms with Gasteiger partial charge in [0.2, 0.25) is 0 Å². The van der Waals surface area contributed by atoms with Gasteiger partial charge < -0.3 is 24.8 Å². The Morgan fingerprint density at radius 3 is 2.42 bits per heavy atom. The lowest BCUT2D eigenvalue weighted by molar-refractivity contribution is -0.159. The molecule has 3 N–H and O–H groups in total. The third-order valence-corrected chi connectivity index (χ3v) is 4.20. The van der Waals surface area contributed by atoms with E-state index in [1.807, 2.05) is 18.2 Å². The Labute approximate surface area is 142 Å². The summed E-state index contributed by atoms with van der Waals surface area (Å²) in [5, 5.41) is 18.5. The largest absolute Gasteiger partial charge is 0.473 e. The molecule has 0 radical (unpaired) electrons. The molecular weight excluding hydrogens is 312 g/mol. The van der Waals surface area contributed by atoms with E-state index in [0.29, 0.717) is 0 Å². The summed E-state index contributed by atoms with van der Waals surface area (Å²) in [6.45, 7) is 10.5. The number of carboxylic acid groups (broad SMARTS) is 2. The molecule has 1 aliphatic heterocycles. The summed E-state index contributed by atoms with van der Waals surface area (Å²) in [5.74, 6) is -2.64. The van der Waals surface area contributed by atoms with Crippen molar-refractivity contribution >= 4 is 11.9 Å². The predicted octanol–water partition coefficient (Wildman–Crippen LogP) is 1.96. The summed E-state index contributed by atoms with van der Waals surface area (Å²) >= 11 is 0. The highest BCUT2D eigenvalue weighted by molar-refractivity contribution is 6.27. The molecule has 1 aliphatic rings. The molecule has 0 bridgehead atoms. The van der Waals surface area contributed by atoms with Crippen LogP contribution in [0.1, 0.15) is 31.9 Å². The summed E-state index contributed by atoms with van der Waals surface area (Å²) in [6.07, 6.45) is 7.18. The van der Waals surface area contributed by atoms with Crippen LogP contribution in [0.25, 0.3) is 0 Å². The second-order valence-corrected chi connectivity index (χ2v) is 5.75. The first kappa shape index (κ1) is 19.9. The first-order chi connectivity index (χ1) is 11.4. The van der Waals surface area contributed by atoms with Crippen molar-refractivity contribution in [3.63, 3.8) is 0 Å². The molecule has 0 aliphatic carbocycles. The molecule has 0 atom stereocenters. The van der Waals surface area contributed by atoms with E-state index in [2.05, 4.69) is 23.7 Å². The number of hydrogen-bond donors (Lipinski definition) is 3. The van der Waals surface area contributed by atoms with Gasteiger partial charge in [0.25, 0.3) is 0 Å². The lowest BCUT2D eigenvalue weighted by atomic mass is 9.84. The lowest BCUT2D eigenvalue weighted by Crippen LogP contribution is -2.52. The molecule has 24 heavy (non-hydrogen) atoms. The van der Waals surface area contributed by atoms with Gasteiger partial charge in [-0.15, -0.1) is 6.58 Å². The average molecular weight is 338 g/mol. The van der Waals surface area contributed by atoms with Crippen molar-refractivity contribution in [1.29, 1.82) is 0 Å². The van der Waals surface area contributed by atoms with Crippen molar-refractivity contribution in [2.75, 3.05) is 19.6 Å². The second kappa shape index (κ2) is 9.89. The lowest BCUT2D eigenvalue weighted by Gasteiger charge is -2.42. The molecule has 134 valence electrons. The fraction of sp³-hybridized carbons (Fsp3) is 0.529. The highest BCUT2D eigenvalue weighted by Gasteiger charge is 2.32. The molecule has 1 aromatic heterocycles. The molecule has 7 nitrogen and oxygen atoms in total. The van der Waals surface area contributed by atoms with Gasteiger partial charge in [-0.1, -0.05) is 13.0 Å². The topological polar surface area (TPSA) is 103 Å². The molecule has 0 amide bonds. The highest BCUT2D eigenvalue weighted by Crippen LogP contribution is 2.26. The van der Waals surface area contributed by atoms with Gasteiger partial charge in [-0.3, -0.25) is 0 Å². The number of furan rings is 1. The standard InChI is InChI=1S/C15H24N2O.C2H2O4/c1-3-7-15(8-10-17(4-2)11-9-15)16-13-14-6-5-12-18-14;3-1(4)2(5)6/h3,5-6,12,16H,1,4,7-11,13H2,2H3;(H,3,4)(H,5,6). The fourth-order valence-corrected chi connectivity index (χ4v) is 2.71. The van der Waals surface area contributed by atoms with E-state index in [9.17, 15) is 0 Å². The van der Waals surface area contributed by atoms with E-state index < -0.39 is 11.9 Å². The minimum atomic E-state index is -1.82. The fourth-order valence-electron chi connectivity index (χ4n) is 2.71. The predicted molar refractivity (Wildman–Crippen MR) is 89.7 cm³/mol. The Morgan fingerprint density at radius 1 is 1.38 bits per heavy atom. The number of nitrogens with one attached hydrogen (secondary N) is 1. The summed E-state index contributed by atoms with van der Waals surface area (Å²) in [7, 11) is 0. The SMILES string of the molecule is C=CCC1(NCc2ccco2)CCN(CC)CC1.O=C(O)C(=O)O. The number of rotatable bonds is 6. The zero-order valence-electron chi connectivity index (χ0n) is 14.0. The number of hydrogen-bond acceptors (Lipinski definition) is 5.